The van der Waals surface area contributed by atoms with Crippen LogP contribution in [0.3, 0.4) is 0 Å². The van der Waals surface area contributed by atoms with E-state index in [1.807, 2.05) is 6.92 Å². The Bertz CT molecular complexity index is 1080. The molecule has 5 nitrogen and oxygen atoms in total. The second kappa shape index (κ2) is 9.60. The van der Waals surface area contributed by atoms with Crippen LogP contribution in [-0.4, -0.2) is 28.3 Å². The summed E-state index contributed by atoms with van der Waals surface area (Å²) in [5.74, 6) is -0.475. The molecule has 0 radical (unpaired) electrons. The second-order valence-electron chi connectivity index (χ2n) is 6.72. The monoisotopic (exact) mass is 490 g/mol. The average molecular weight is 491 g/mol. The van der Waals surface area contributed by atoms with Crippen LogP contribution in [0.25, 0.3) is 11.3 Å². The fourth-order valence-corrected chi connectivity index (χ4v) is 4.63. The Kier molecular flexibility index (Phi) is 7.31. The minimum atomic E-state index is -4.49. The number of aromatic nitrogens is 2. The number of benzene rings is 1. The molecule has 0 bridgehead atoms. The summed E-state index contributed by atoms with van der Waals surface area (Å²) in [7, 11) is 0. The fourth-order valence-electron chi connectivity index (χ4n) is 3.20. The summed E-state index contributed by atoms with van der Waals surface area (Å²) in [5, 5.41) is 7.27. The number of nitrogens with two attached hydrogens (primary N) is 1. The first kappa shape index (κ1) is 23.6. The van der Waals surface area contributed by atoms with Crippen molar-refractivity contribution in [1.82, 2.24) is 15.1 Å². The van der Waals surface area contributed by atoms with Gasteiger partial charge in [0.2, 0.25) is 0 Å². The van der Waals surface area contributed by atoms with Crippen LogP contribution in [0.4, 0.5) is 13.2 Å². The lowest BCUT2D eigenvalue weighted by Gasteiger charge is -2.19. The van der Waals surface area contributed by atoms with Gasteiger partial charge < -0.3 is 11.1 Å². The van der Waals surface area contributed by atoms with E-state index in [1.54, 1.807) is 10.7 Å². The number of rotatable bonds is 7. The van der Waals surface area contributed by atoms with Gasteiger partial charge in [-0.2, -0.15) is 18.3 Å². The normalized spacial score (nSPS) is 12.7. The van der Waals surface area contributed by atoms with Crippen LogP contribution >= 0.6 is 34.5 Å². The number of carbonyl (C=O) groups excluding carboxylic acids is 1. The van der Waals surface area contributed by atoms with Crippen molar-refractivity contribution in [3.8, 4) is 11.3 Å². The molecule has 11 heteroatoms. The Morgan fingerprint density at radius 1 is 1.32 bits per heavy atom. The molecule has 0 unspecified atom stereocenters. The van der Waals surface area contributed by atoms with Crippen molar-refractivity contribution in [2.75, 3.05) is 6.54 Å². The van der Waals surface area contributed by atoms with Gasteiger partial charge in [0.25, 0.3) is 5.91 Å². The molecule has 3 N–H and O–H groups in total. The van der Waals surface area contributed by atoms with Gasteiger partial charge in [0.15, 0.2) is 0 Å². The smallest absolute Gasteiger partial charge is 0.347 e. The van der Waals surface area contributed by atoms with Crippen LogP contribution in [0.1, 0.15) is 27.7 Å². The SMILES string of the molecule is CCn1ncc(Cl)c1-c1cc(C(=O)N[C@H](CN)Cc2ccccc2C(F)(F)F)sc1Cl. The van der Waals surface area contributed by atoms with E-state index in [0.717, 1.165) is 17.4 Å². The Morgan fingerprint density at radius 3 is 2.68 bits per heavy atom. The molecule has 0 aliphatic heterocycles. The Morgan fingerprint density at radius 2 is 2.03 bits per heavy atom. The summed E-state index contributed by atoms with van der Waals surface area (Å²) in [5.41, 5.74) is 6.21. The van der Waals surface area contributed by atoms with E-state index in [0.29, 0.717) is 32.0 Å². The third-order valence-electron chi connectivity index (χ3n) is 4.67. The largest absolute Gasteiger partial charge is 0.416 e. The highest BCUT2D eigenvalue weighted by Crippen LogP contribution is 2.39. The zero-order chi connectivity index (χ0) is 22.8. The number of hydrogen-bond acceptors (Lipinski definition) is 4. The van der Waals surface area contributed by atoms with E-state index in [9.17, 15) is 18.0 Å². The molecule has 0 aliphatic carbocycles. The molecule has 1 amide bonds. The number of hydrogen-bond donors (Lipinski definition) is 2. The van der Waals surface area contributed by atoms with Gasteiger partial charge in [-0.25, -0.2) is 0 Å². The first-order chi connectivity index (χ1) is 14.7. The topological polar surface area (TPSA) is 72.9 Å². The van der Waals surface area contributed by atoms with E-state index in [1.165, 1.54) is 24.4 Å². The standard InChI is InChI=1S/C20H19Cl2F3N4OS/c1-2-29-17(15(21)10-27-29)13-8-16(31-18(13)22)19(30)28-12(9-26)7-11-5-3-4-6-14(11)20(23,24)25/h3-6,8,10,12H,2,7,9,26H2,1H3,(H,28,30)/t12-/m0/s1. The highest BCUT2D eigenvalue weighted by Gasteiger charge is 2.33. The van der Waals surface area contributed by atoms with Crippen molar-refractivity contribution in [1.29, 1.82) is 0 Å². The highest BCUT2D eigenvalue weighted by atomic mass is 35.5. The van der Waals surface area contributed by atoms with Crippen molar-refractivity contribution in [2.45, 2.75) is 32.1 Å². The minimum absolute atomic E-state index is 0.0294. The van der Waals surface area contributed by atoms with Crippen LogP contribution in [-0.2, 0) is 19.1 Å². The molecule has 1 atom stereocenters. The molecule has 3 rings (SSSR count). The van der Waals surface area contributed by atoms with Gasteiger partial charge in [0.1, 0.15) is 4.34 Å². The second-order valence-corrected chi connectivity index (χ2v) is 8.78. The van der Waals surface area contributed by atoms with Gasteiger partial charge in [-0.1, -0.05) is 41.4 Å². The molecule has 3 aromatic rings. The zero-order valence-electron chi connectivity index (χ0n) is 16.3. The molecule has 0 aliphatic rings. The van der Waals surface area contributed by atoms with Gasteiger partial charge in [-0.3, -0.25) is 9.48 Å². The van der Waals surface area contributed by atoms with Gasteiger partial charge in [0, 0.05) is 24.7 Å². The minimum Gasteiger partial charge on any atom is -0.347 e. The molecule has 2 aromatic heterocycles. The summed E-state index contributed by atoms with van der Waals surface area (Å²) in [4.78, 5) is 13.1. The lowest BCUT2D eigenvalue weighted by Crippen LogP contribution is -2.41. The first-order valence-electron chi connectivity index (χ1n) is 9.32. The van der Waals surface area contributed by atoms with E-state index in [-0.39, 0.29) is 18.5 Å². The average Bonchev–Trinajstić information content (AvgIpc) is 3.28. The summed E-state index contributed by atoms with van der Waals surface area (Å²) < 4.78 is 41.8. The van der Waals surface area contributed by atoms with Crippen LogP contribution in [0.15, 0.2) is 36.5 Å². The van der Waals surface area contributed by atoms with Gasteiger partial charge >= 0.3 is 6.18 Å². The van der Waals surface area contributed by atoms with Crippen LogP contribution in [0, 0.1) is 0 Å². The number of nitrogens with one attached hydrogen (secondary N) is 1. The van der Waals surface area contributed by atoms with E-state index in [2.05, 4.69) is 10.4 Å². The number of alkyl halides is 3. The third-order valence-corrected chi connectivity index (χ3v) is 6.30. The maximum Gasteiger partial charge on any atom is 0.416 e. The zero-order valence-corrected chi connectivity index (χ0v) is 18.7. The maximum atomic E-state index is 13.3. The number of aryl methyl sites for hydroxylation is 1. The fraction of sp³-hybridized carbons (Fsp3) is 0.300. The van der Waals surface area contributed by atoms with Crippen molar-refractivity contribution in [3.63, 3.8) is 0 Å². The van der Waals surface area contributed by atoms with Crippen molar-refractivity contribution in [2.24, 2.45) is 5.73 Å². The van der Waals surface area contributed by atoms with Gasteiger partial charge in [0.05, 0.1) is 27.4 Å². The van der Waals surface area contributed by atoms with Gasteiger partial charge in [-0.05, 0) is 31.0 Å². The summed E-state index contributed by atoms with van der Waals surface area (Å²) >= 11 is 13.6. The quantitative estimate of drug-likeness (QED) is 0.474. The Labute approximate surface area is 191 Å². The molecule has 0 spiro atoms. The molecule has 0 saturated carbocycles. The highest BCUT2D eigenvalue weighted by molar-refractivity contribution is 7.18. The maximum absolute atomic E-state index is 13.3. The molecule has 166 valence electrons. The van der Waals surface area contributed by atoms with E-state index < -0.39 is 23.7 Å². The van der Waals surface area contributed by atoms with Crippen LogP contribution in [0.2, 0.25) is 9.36 Å². The van der Waals surface area contributed by atoms with E-state index >= 15 is 0 Å². The lowest BCUT2D eigenvalue weighted by molar-refractivity contribution is -0.138. The molecule has 1 aromatic carbocycles. The molecule has 2 heterocycles. The molecule has 31 heavy (non-hydrogen) atoms. The summed E-state index contributed by atoms with van der Waals surface area (Å²) in [6, 6.07) is 6.14. The Hall–Kier alpha value is -2.07. The Balaban J connectivity index is 1.81. The number of nitrogens with zero attached hydrogens (tertiary/aromatic N) is 2. The van der Waals surface area contributed by atoms with Crippen LogP contribution < -0.4 is 11.1 Å². The lowest BCUT2D eigenvalue weighted by atomic mass is 9.99. The third kappa shape index (κ3) is 5.23. The van der Waals surface area contributed by atoms with E-state index in [4.69, 9.17) is 28.9 Å². The number of thiophene rings is 1. The molecular weight excluding hydrogens is 472 g/mol. The van der Waals surface area contributed by atoms with Crippen molar-refractivity contribution >= 4 is 40.4 Å². The molecule has 0 fully saturated rings. The molecule has 0 saturated heterocycles. The number of carbonyl (C=O) groups is 1. The van der Waals surface area contributed by atoms with Gasteiger partial charge in [-0.15, -0.1) is 11.3 Å². The van der Waals surface area contributed by atoms with Crippen LogP contribution in [0.5, 0.6) is 0 Å². The predicted octanol–water partition coefficient (Wildman–Crippen LogP) is 5.26. The predicted molar refractivity (Wildman–Crippen MR) is 117 cm³/mol. The molecular formula is C20H19Cl2F3N4OS. The summed E-state index contributed by atoms with van der Waals surface area (Å²) in [6.07, 6.45) is -3.05. The number of amides is 1. The summed E-state index contributed by atoms with van der Waals surface area (Å²) in [6.45, 7) is 2.42. The van der Waals surface area contributed by atoms with Crippen molar-refractivity contribution < 1.29 is 18.0 Å². The first-order valence-corrected chi connectivity index (χ1v) is 10.9. The van der Waals surface area contributed by atoms with Crippen molar-refractivity contribution in [3.05, 3.63) is 61.9 Å². The number of halogens is 5.